The number of rotatable bonds is 8. The molecule has 12 nitrogen and oxygen atoms in total. The molecular formula is C19H26N6O6S. The van der Waals surface area contributed by atoms with Gasteiger partial charge in [0.1, 0.15) is 24.6 Å². The van der Waals surface area contributed by atoms with Crippen LogP contribution in [0.1, 0.15) is 23.6 Å². The lowest BCUT2D eigenvalue weighted by Crippen LogP contribution is -2.38. The van der Waals surface area contributed by atoms with Gasteiger partial charge in [-0.2, -0.15) is 18.1 Å². The van der Waals surface area contributed by atoms with Crippen molar-refractivity contribution >= 4 is 22.2 Å². The van der Waals surface area contributed by atoms with E-state index >= 15 is 0 Å². The Balaban J connectivity index is 1.46. The fraction of sp³-hybridized carbons (Fsp3) is 0.526. The summed E-state index contributed by atoms with van der Waals surface area (Å²) >= 11 is 0. The number of ether oxygens (including phenoxy) is 1. The van der Waals surface area contributed by atoms with Crippen LogP contribution >= 0.6 is 0 Å². The molecule has 5 N–H and O–H groups in total. The topological polar surface area (TPSA) is 168 Å². The highest BCUT2D eigenvalue weighted by Gasteiger charge is 2.44. The molecule has 0 radical (unpaired) electrons. The SMILES string of the molecule is CNS(=O)(=O)O[C@@H]1C[C@@H](Nc2ncnc(N[C@@H]3c4ccccc4C[C@@H]3OC)n2)[C@H](O)[C@H]1O. The maximum absolute atomic E-state index is 11.6. The zero-order valence-corrected chi connectivity index (χ0v) is 18.4. The number of aliphatic hydroxyl groups excluding tert-OH is 2. The van der Waals surface area contributed by atoms with E-state index in [2.05, 4.69) is 31.7 Å². The predicted molar refractivity (Wildman–Crippen MR) is 114 cm³/mol. The monoisotopic (exact) mass is 466 g/mol. The summed E-state index contributed by atoms with van der Waals surface area (Å²) in [5.41, 5.74) is 2.30. The van der Waals surface area contributed by atoms with E-state index in [-0.39, 0.29) is 24.5 Å². The quantitative estimate of drug-likeness (QED) is 0.335. The third-order valence-electron chi connectivity index (χ3n) is 5.79. The normalized spacial score (nSPS) is 29.6. The molecule has 2 aromatic rings. The maximum Gasteiger partial charge on any atom is 0.335 e. The number of aliphatic hydroxyl groups is 2. The molecule has 1 aromatic heterocycles. The first-order valence-electron chi connectivity index (χ1n) is 10.1. The van der Waals surface area contributed by atoms with Gasteiger partial charge in [0.25, 0.3) is 0 Å². The van der Waals surface area contributed by atoms with Crippen molar-refractivity contribution in [1.82, 2.24) is 19.7 Å². The van der Waals surface area contributed by atoms with Crippen molar-refractivity contribution in [3.63, 3.8) is 0 Å². The Morgan fingerprint density at radius 3 is 2.50 bits per heavy atom. The van der Waals surface area contributed by atoms with Gasteiger partial charge in [0.2, 0.25) is 11.9 Å². The molecule has 1 saturated carbocycles. The average molecular weight is 467 g/mol. The second-order valence-electron chi connectivity index (χ2n) is 7.69. The molecule has 174 valence electrons. The van der Waals surface area contributed by atoms with E-state index < -0.39 is 34.7 Å². The number of hydrogen-bond donors (Lipinski definition) is 5. The molecule has 0 aliphatic heterocycles. The van der Waals surface area contributed by atoms with Gasteiger partial charge in [-0.3, -0.25) is 4.18 Å². The Kier molecular flexibility index (Phi) is 6.55. The van der Waals surface area contributed by atoms with Crippen molar-refractivity contribution in [3.05, 3.63) is 41.7 Å². The first-order valence-corrected chi connectivity index (χ1v) is 11.5. The third kappa shape index (κ3) is 4.67. The summed E-state index contributed by atoms with van der Waals surface area (Å²) in [4.78, 5) is 12.6. The lowest BCUT2D eigenvalue weighted by atomic mass is 10.1. The van der Waals surface area contributed by atoms with E-state index in [1.807, 2.05) is 22.9 Å². The number of hydrogen-bond acceptors (Lipinski definition) is 11. The van der Waals surface area contributed by atoms with Gasteiger partial charge in [-0.15, -0.1) is 0 Å². The second kappa shape index (κ2) is 9.21. The molecule has 2 aliphatic carbocycles. The van der Waals surface area contributed by atoms with Crippen LogP contribution in [0.15, 0.2) is 30.6 Å². The molecule has 0 spiro atoms. The highest BCUT2D eigenvalue weighted by atomic mass is 32.2. The van der Waals surface area contributed by atoms with E-state index in [1.54, 1.807) is 7.11 Å². The number of nitrogens with zero attached hydrogens (tertiary/aromatic N) is 3. The molecule has 6 atom stereocenters. The Morgan fingerprint density at radius 2 is 1.78 bits per heavy atom. The van der Waals surface area contributed by atoms with E-state index in [9.17, 15) is 18.6 Å². The minimum Gasteiger partial charge on any atom is -0.388 e. The Hall–Kier alpha value is -2.42. The Labute approximate surface area is 185 Å². The number of benzene rings is 1. The summed E-state index contributed by atoms with van der Waals surface area (Å²) in [5, 5.41) is 26.7. The van der Waals surface area contributed by atoms with Gasteiger partial charge >= 0.3 is 10.3 Å². The second-order valence-corrected chi connectivity index (χ2v) is 9.20. The molecule has 4 rings (SSSR count). The molecule has 1 heterocycles. The van der Waals surface area contributed by atoms with Crippen LogP contribution in [-0.4, -0.2) is 78.2 Å². The van der Waals surface area contributed by atoms with Crippen LogP contribution in [0, 0.1) is 0 Å². The third-order valence-corrected chi connectivity index (χ3v) is 6.79. The molecule has 0 bridgehead atoms. The van der Waals surface area contributed by atoms with Crippen molar-refractivity contribution in [2.75, 3.05) is 24.8 Å². The average Bonchev–Trinajstić information content (AvgIpc) is 3.26. The minimum atomic E-state index is -4.02. The smallest absolute Gasteiger partial charge is 0.335 e. The number of aromatic nitrogens is 3. The molecule has 1 fully saturated rings. The van der Waals surface area contributed by atoms with Crippen LogP contribution in [0.4, 0.5) is 11.9 Å². The zero-order chi connectivity index (χ0) is 22.9. The minimum absolute atomic E-state index is 0.0272. The summed E-state index contributed by atoms with van der Waals surface area (Å²) in [6.45, 7) is 0. The number of fused-ring (bicyclic) bond motifs is 1. The van der Waals surface area contributed by atoms with Crippen LogP contribution < -0.4 is 15.4 Å². The predicted octanol–water partition coefficient (Wildman–Crippen LogP) is -0.649. The van der Waals surface area contributed by atoms with Gasteiger partial charge in [0, 0.05) is 27.0 Å². The molecule has 1 aromatic carbocycles. The van der Waals surface area contributed by atoms with Crippen molar-refractivity contribution in [3.8, 4) is 0 Å². The van der Waals surface area contributed by atoms with Crippen molar-refractivity contribution in [1.29, 1.82) is 0 Å². The summed E-state index contributed by atoms with van der Waals surface area (Å²) in [6, 6.07) is 7.17. The molecule has 13 heteroatoms. The summed E-state index contributed by atoms with van der Waals surface area (Å²) < 4.78 is 35.8. The molecular weight excluding hydrogens is 440 g/mol. The molecule has 2 aliphatic rings. The fourth-order valence-electron chi connectivity index (χ4n) is 4.13. The van der Waals surface area contributed by atoms with Crippen LogP contribution in [0.5, 0.6) is 0 Å². The molecule has 0 saturated heterocycles. The highest BCUT2D eigenvalue weighted by molar-refractivity contribution is 7.84. The van der Waals surface area contributed by atoms with E-state index in [0.29, 0.717) is 5.95 Å². The van der Waals surface area contributed by atoms with Crippen LogP contribution in [-0.2, 0) is 25.6 Å². The van der Waals surface area contributed by atoms with Crippen molar-refractivity contribution in [2.24, 2.45) is 0 Å². The first kappa shape index (κ1) is 22.8. The standard InChI is InChI=1S/C19H26N6O6S/c1-20-32(28,29)31-14-8-12(16(26)17(14)27)23-18-21-9-22-19(25-18)24-15-11-6-4-3-5-10(11)7-13(15)30-2/h3-6,9,12-17,20,26-27H,7-8H2,1-2H3,(H2,21,22,23,24,25)/t12-,13+,14-,15-,16+,17+/m1/s1. The number of methoxy groups -OCH3 is 1. The Bertz CT molecular complexity index is 1060. The first-order chi connectivity index (χ1) is 15.3. The summed E-state index contributed by atoms with van der Waals surface area (Å²) in [5.74, 6) is 0.473. The van der Waals surface area contributed by atoms with Crippen LogP contribution in [0.25, 0.3) is 0 Å². The lowest BCUT2D eigenvalue weighted by molar-refractivity contribution is -0.00884. The van der Waals surface area contributed by atoms with Gasteiger partial charge < -0.3 is 25.6 Å². The summed E-state index contributed by atoms with van der Waals surface area (Å²) in [6.07, 6.45) is -1.76. The zero-order valence-electron chi connectivity index (χ0n) is 17.5. The van der Waals surface area contributed by atoms with E-state index in [4.69, 9.17) is 8.92 Å². The Morgan fingerprint density at radius 1 is 1.06 bits per heavy atom. The number of anilines is 2. The number of nitrogens with one attached hydrogen (secondary N) is 3. The van der Waals surface area contributed by atoms with Gasteiger partial charge in [0.15, 0.2) is 0 Å². The maximum atomic E-state index is 11.6. The highest BCUT2D eigenvalue weighted by Crippen LogP contribution is 2.35. The van der Waals surface area contributed by atoms with E-state index in [0.717, 1.165) is 12.0 Å². The molecule has 0 amide bonds. The van der Waals surface area contributed by atoms with E-state index in [1.165, 1.54) is 18.9 Å². The van der Waals surface area contributed by atoms with Gasteiger partial charge in [-0.25, -0.2) is 9.97 Å². The molecule has 32 heavy (non-hydrogen) atoms. The largest absolute Gasteiger partial charge is 0.388 e. The fourth-order valence-corrected chi connectivity index (χ4v) is 4.74. The van der Waals surface area contributed by atoms with Crippen molar-refractivity contribution in [2.45, 2.75) is 49.3 Å². The van der Waals surface area contributed by atoms with Crippen LogP contribution in [0.3, 0.4) is 0 Å². The van der Waals surface area contributed by atoms with Gasteiger partial charge in [-0.1, -0.05) is 24.3 Å². The van der Waals surface area contributed by atoms with Gasteiger partial charge in [0.05, 0.1) is 18.2 Å². The summed E-state index contributed by atoms with van der Waals surface area (Å²) in [7, 11) is -1.17. The molecule has 0 unspecified atom stereocenters. The van der Waals surface area contributed by atoms with Crippen molar-refractivity contribution < 1.29 is 27.6 Å². The van der Waals surface area contributed by atoms with Crippen LogP contribution in [0.2, 0.25) is 0 Å². The lowest BCUT2D eigenvalue weighted by Gasteiger charge is -2.21. The van der Waals surface area contributed by atoms with Gasteiger partial charge in [-0.05, 0) is 11.1 Å².